The number of rotatable bonds is 6. The lowest BCUT2D eigenvalue weighted by atomic mass is 10.1. The van der Waals surface area contributed by atoms with Crippen LogP contribution in [-0.2, 0) is 4.79 Å². The van der Waals surface area contributed by atoms with Crippen LogP contribution in [-0.4, -0.2) is 24.8 Å². The van der Waals surface area contributed by atoms with Gasteiger partial charge >= 0.3 is 0 Å². The first-order valence-electron chi connectivity index (χ1n) is 8.13. The van der Waals surface area contributed by atoms with Gasteiger partial charge in [-0.2, -0.15) is 0 Å². The summed E-state index contributed by atoms with van der Waals surface area (Å²) >= 11 is 0. The lowest BCUT2D eigenvalue weighted by Crippen LogP contribution is -2.33. The van der Waals surface area contributed by atoms with Gasteiger partial charge in [-0.05, 0) is 51.5 Å². The number of likely N-dealkylation sites (N-methyl/N-ethyl adjacent to an activating group) is 1. The van der Waals surface area contributed by atoms with Gasteiger partial charge in [0.25, 0.3) is 0 Å². The minimum Gasteiger partial charge on any atom is -0.362 e. The number of ketones is 1. The highest BCUT2D eigenvalue weighted by atomic mass is 16.2. The number of benzene rings is 2. The Morgan fingerprint density at radius 1 is 1.08 bits per heavy atom. The normalized spacial score (nSPS) is 10.3. The quantitative estimate of drug-likeness (QED) is 0.818. The van der Waals surface area contributed by atoms with E-state index in [0.29, 0.717) is 11.3 Å². The van der Waals surface area contributed by atoms with Crippen LogP contribution in [0.4, 0.5) is 11.4 Å². The molecule has 0 heterocycles. The average molecular weight is 324 g/mol. The second-order valence-electron chi connectivity index (χ2n) is 5.99. The standard InChI is InChI=1S/C20H24N2O2/c1-5-22(19-10-9-14(2)11-15(19)3)13-20(24)21-18-8-6-7-17(12-18)16(4)23/h6-12H,5,13H2,1-4H3,(H,21,24). The van der Waals surface area contributed by atoms with E-state index in [4.69, 9.17) is 0 Å². The van der Waals surface area contributed by atoms with Gasteiger partial charge < -0.3 is 10.2 Å². The van der Waals surface area contributed by atoms with E-state index in [1.54, 1.807) is 24.3 Å². The molecule has 2 aromatic rings. The largest absolute Gasteiger partial charge is 0.362 e. The molecule has 0 fully saturated rings. The smallest absolute Gasteiger partial charge is 0.243 e. The van der Waals surface area contributed by atoms with E-state index in [1.807, 2.05) is 11.8 Å². The maximum Gasteiger partial charge on any atom is 0.243 e. The van der Waals surface area contributed by atoms with Crippen molar-refractivity contribution in [1.82, 2.24) is 0 Å². The third-order valence-corrected chi connectivity index (χ3v) is 3.96. The van der Waals surface area contributed by atoms with Crippen molar-refractivity contribution in [3.8, 4) is 0 Å². The fourth-order valence-electron chi connectivity index (χ4n) is 2.72. The van der Waals surface area contributed by atoms with E-state index in [0.717, 1.165) is 17.8 Å². The molecule has 0 atom stereocenters. The molecule has 0 radical (unpaired) electrons. The summed E-state index contributed by atoms with van der Waals surface area (Å²) in [6.45, 7) is 8.67. The Morgan fingerprint density at radius 3 is 2.46 bits per heavy atom. The molecule has 0 aliphatic carbocycles. The van der Waals surface area contributed by atoms with E-state index >= 15 is 0 Å². The van der Waals surface area contributed by atoms with E-state index in [9.17, 15) is 9.59 Å². The van der Waals surface area contributed by atoms with Crippen LogP contribution in [0.3, 0.4) is 0 Å². The molecule has 4 heteroatoms. The molecule has 1 amide bonds. The molecular weight excluding hydrogens is 300 g/mol. The second kappa shape index (κ2) is 7.77. The number of aryl methyl sites for hydroxylation is 2. The van der Waals surface area contributed by atoms with Gasteiger partial charge in [0.1, 0.15) is 0 Å². The molecule has 2 aromatic carbocycles. The summed E-state index contributed by atoms with van der Waals surface area (Å²) in [4.78, 5) is 25.9. The van der Waals surface area contributed by atoms with Gasteiger partial charge in [0.2, 0.25) is 5.91 Å². The number of amides is 1. The van der Waals surface area contributed by atoms with Crippen LogP contribution in [0.5, 0.6) is 0 Å². The SMILES string of the molecule is CCN(CC(=O)Nc1cccc(C(C)=O)c1)c1ccc(C)cc1C. The number of hydrogen-bond donors (Lipinski definition) is 1. The predicted molar refractivity (Wildman–Crippen MR) is 98.9 cm³/mol. The van der Waals surface area contributed by atoms with E-state index in [1.165, 1.54) is 12.5 Å². The van der Waals surface area contributed by atoms with Gasteiger partial charge in [-0.15, -0.1) is 0 Å². The number of carbonyl (C=O) groups is 2. The number of carbonyl (C=O) groups excluding carboxylic acids is 2. The molecule has 4 nitrogen and oxygen atoms in total. The van der Waals surface area contributed by atoms with Crippen molar-refractivity contribution in [3.63, 3.8) is 0 Å². The molecule has 1 N–H and O–H groups in total. The molecule has 0 spiro atoms. The van der Waals surface area contributed by atoms with Crippen molar-refractivity contribution in [2.24, 2.45) is 0 Å². The fraction of sp³-hybridized carbons (Fsp3) is 0.300. The molecule has 0 unspecified atom stereocenters. The summed E-state index contributed by atoms with van der Waals surface area (Å²) < 4.78 is 0. The lowest BCUT2D eigenvalue weighted by Gasteiger charge is -2.24. The van der Waals surface area contributed by atoms with Gasteiger partial charge in [0.05, 0.1) is 6.54 Å². The molecule has 0 aliphatic rings. The van der Waals surface area contributed by atoms with Gasteiger partial charge in [-0.25, -0.2) is 0 Å². The van der Waals surface area contributed by atoms with Crippen LogP contribution in [0.25, 0.3) is 0 Å². The van der Waals surface area contributed by atoms with Crippen LogP contribution in [0.2, 0.25) is 0 Å². The molecule has 0 bridgehead atoms. The zero-order valence-electron chi connectivity index (χ0n) is 14.7. The maximum atomic E-state index is 12.4. The van der Waals surface area contributed by atoms with Crippen molar-refractivity contribution < 1.29 is 9.59 Å². The van der Waals surface area contributed by atoms with Crippen LogP contribution in [0.15, 0.2) is 42.5 Å². The Morgan fingerprint density at radius 2 is 1.83 bits per heavy atom. The highest BCUT2D eigenvalue weighted by Crippen LogP contribution is 2.21. The summed E-state index contributed by atoms with van der Waals surface area (Å²) in [6.07, 6.45) is 0. The number of nitrogens with one attached hydrogen (secondary N) is 1. The van der Waals surface area contributed by atoms with Crippen molar-refractivity contribution in [1.29, 1.82) is 0 Å². The van der Waals surface area contributed by atoms with Gasteiger partial charge in [-0.1, -0.05) is 29.8 Å². The van der Waals surface area contributed by atoms with Crippen LogP contribution < -0.4 is 10.2 Å². The first-order valence-corrected chi connectivity index (χ1v) is 8.13. The molecule has 0 aromatic heterocycles. The summed E-state index contributed by atoms with van der Waals surface area (Å²) in [7, 11) is 0. The number of anilines is 2. The van der Waals surface area contributed by atoms with Crippen molar-refractivity contribution in [2.75, 3.05) is 23.3 Å². The molecular formula is C20H24N2O2. The van der Waals surface area contributed by atoms with E-state index in [-0.39, 0.29) is 18.2 Å². The topological polar surface area (TPSA) is 49.4 Å². The molecule has 2 rings (SSSR count). The van der Waals surface area contributed by atoms with Crippen molar-refractivity contribution >= 4 is 23.1 Å². The van der Waals surface area contributed by atoms with Gasteiger partial charge in [0, 0.05) is 23.5 Å². The highest BCUT2D eigenvalue weighted by Gasteiger charge is 2.13. The monoisotopic (exact) mass is 324 g/mol. The molecule has 0 saturated carbocycles. The zero-order chi connectivity index (χ0) is 17.7. The molecule has 0 saturated heterocycles. The summed E-state index contributed by atoms with van der Waals surface area (Å²) in [5.41, 5.74) is 4.66. The first kappa shape index (κ1) is 17.7. The average Bonchev–Trinajstić information content (AvgIpc) is 2.53. The third kappa shape index (κ3) is 4.44. The van der Waals surface area contributed by atoms with Gasteiger partial charge in [0.15, 0.2) is 5.78 Å². The third-order valence-electron chi connectivity index (χ3n) is 3.96. The number of hydrogen-bond acceptors (Lipinski definition) is 3. The Bertz CT molecular complexity index is 753. The molecule has 0 aliphatic heterocycles. The van der Waals surface area contributed by atoms with Crippen molar-refractivity contribution in [2.45, 2.75) is 27.7 Å². The molecule has 24 heavy (non-hydrogen) atoms. The Labute approximate surface area is 143 Å². The highest BCUT2D eigenvalue weighted by molar-refractivity contribution is 5.98. The lowest BCUT2D eigenvalue weighted by molar-refractivity contribution is -0.115. The van der Waals surface area contributed by atoms with Crippen LogP contribution in [0.1, 0.15) is 35.3 Å². The zero-order valence-corrected chi connectivity index (χ0v) is 14.7. The van der Waals surface area contributed by atoms with Crippen LogP contribution in [0, 0.1) is 13.8 Å². The predicted octanol–water partition coefficient (Wildman–Crippen LogP) is 3.97. The van der Waals surface area contributed by atoms with Crippen LogP contribution >= 0.6 is 0 Å². The van der Waals surface area contributed by atoms with E-state index < -0.39 is 0 Å². The second-order valence-corrected chi connectivity index (χ2v) is 5.99. The van der Waals surface area contributed by atoms with E-state index in [2.05, 4.69) is 37.4 Å². The minimum absolute atomic E-state index is 0.0171. The fourth-order valence-corrected chi connectivity index (χ4v) is 2.72. The summed E-state index contributed by atoms with van der Waals surface area (Å²) in [6, 6.07) is 13.2. The first-order chi connectivity index (χ1) is 11.4. The summed E-state index contributed by atoms with van der Waals surface area (Å²) in [5.74, 6) is -0.117. The van der Waals surface area contributed by atoms with Gasteiger partial charge in [-0.3, -0.25) is 9.59 Å². The molecule has 126 valence electrons. The maximum absolute atomic E-state index is 12.4. The Balaban J connectivity index is 2.09. The summed E-state index contributed by atoms with van der Waals surface area (Å²) in [5, 5.41) is 2.87. The Hall–Kier alpha value is -2.62. The number of nitrogens with zero attached hydrogens (tertiary/aromatic N) is 1. The minimum atomic E-state index is -0.0995. The van der Waals surface area contributed by atoms with Crippen molar-refractivity contribution in [3.05, 3.63) is 59.2 Å². The number of Topliss-reactive ketones (excluding diaryl/α,β-unsaturated/α-hetero) is 1. The Kier molecular flexibility index (Phi) is 5.74.